The molecular weight excluding hydrogens is 226 g/mol. The number of hydrogen-bond acceptors (Lipinski definition) is 5. The van der Waals surface area contributed by atoms with E-state index in [1.807, 2.05) is 0 Å². The van der Waals surface area contributed by atoms with Gasteiger partial charge in [-0.3, -0.25) is 9.59 Å². The molecule has 0 saturated heterocycles. The molecule has 7 nitrogen and oxygen atoms in total. The third-order valence-corrected chi connectivity index (χ3v) is 1.99. The molecule has 0 spiro atoms. The molecule has 0 aliphatic rings. The van der Waals surface area contributed by atoms with Crippen molar-refractivity contribution in [2.24, 2.45) is 11.5 Å². The van der Waals surface area contributed by atoms with Gasteiger partial charge in [0.2, 0.25) is 11.8 Å². The van der Waals surface area contributed by atoms with Crippen LogP contribution in [0.4, 0.5) is 0 Å². The first-order valence-electron chi connectivity index (χ1n) is 5.46. The maximum atomic E-state index is 11.4. The van der Waals surface area contributed by atoms with Gasteiger partial charge in [0.05, 0.1) is 12.6 Å². The lowest BCUT2D eigenvalue weighted by Gasteiger charge is -2.11. The average Bonchev–Trinajstić information content (AvgIpc) is 2.28. The molecule has 1 unspecified atom stereocenters. The van der Waals surface area contributed by atoms with Gasteiger partial charge in [0.1, 0.15) is 6.61 Å². The highest BCUT2D eigenvalue weighted by atomic mass is 16.5. The molecule has 0 bridgehead atoms. The second-order valence-electron chi connectivity index (χ2n) is 3.55. The fourth-order valence-electron chi connectivity index (χ4n) is 1.13. The van der Waals surface area contributed by atoms with Crippen molar-refractivity contribution in [2.45, 2.75) is 18.9 Å². The predicted octanol–water partition coefficient (Wildman–Crippen LogP) is -1.64. The highest BCUT2D eigenvalue weighted by Crippen LogP contribution is 1.94. The minimum Gasteiger partial charge on any atom is -0.385 e. The number of carbonyl (C=O) groups is 2. The number of methoxy groups -OCH3 is 1. The highest BCUT2D eigenvalue weighted by molar-refractivity contribution is 5.81. The summed E-state index contributed by atoms with van der Waals surface area (Å²) >= 11 is 0. The molecule has 0 heterocycles. The summed E-state index contributed by atoms with van der Waals surface area (Å²) in [6, 6.07) is -0.540. The van der Waals surface area contributed by atoms with E-state index in [0.717, 1.165) is 6.42 Å². The standard InChI is InChI=1S/C10H21N3O4/c1-16-5-2-3-8(11)10(15)13-4-6-17-7-9(12)14/h8H,2-7,11H2,1H3,(H2,12,14)(H,13,15). The largest absolute Gasteiger partial charge is 0.385 e. The van der Waals surface area contributed by atoms with Crippen LogP contribution >= 0.6 is 0 Å². The summed E-state index contributed by atoms with van der Waals surface area (Å²) in [6.45, 7) is 0.988. The Balaban J connectivity index is 3.47. The molecule has 5 N–H and O–H groups in total. The number of amides is 2. The maximum Gasteiger partial charge on any atom is 0.243 e. The van der Waals surface area contributed by atoms with E-state index < -0.39 is 11.9 Å². The number of nitrogens with two attached hydrogens (primary N) is 2. The Morgan fingerprint density at radius 1 is 1.35 bits per heavy atom. The average molecular weight is 247 g/mol. The molecule has 100 valence electrons. The van der Waals surface area contributed by atoms with E-state index in [1.165, 1.54) is 0 Å². The van der Waals surface area contributed by atoms with Crippen LogP contribution in [-0.2, 0) is 19.1 Å². The summed E-state index contributed by atoms with van der Waals surface area (Å²) in [5.41, 5.74) is 10.5. The van der Waals surface area contributed by atoms with Gasteiger partial charge < -0.3 is 26.3 Å². The Morgan fingerprint density at radius 2 is 2.06 bits per heavy atom. The summed E-state index contributed by atoms with van der Waals surface area (Å²) in [4.78, 5) is 21.7. The Morgan fingerprint density at radius 3 is 2.65 bits per heavy atom. The summed E-state index contributed by atoms with van der Waals surface area (Å²) in [7, 11) is 1.60. The van der Waals surface area contributed by atoms with Crippen molar-refractivity contribution in [2.75, 3.05) is 33.5 Å². The Bertz CT molecular complexity index is 236. The van der Waals surface area contributed by atoms with Crippen molar-refractivity contribution < 1.29 is 19.1 Å². The summed E-state index contributed by atoms with van der Waals surface area (Å²) in [5, 5.41) is 2.60. The van der Waals surface area contributed by atoms with Crippen LogP contribution in [0.1, 0.15) is 12.8 Å². The van der Waals surface area contributed by atoms with E-state index in [0.29, 0.717) is 19.6 Å². The van der Waals surface area contributed by atoms with Crippen molar-refractivity contribution in [3.05, 3.63) is 0 Å². The molecule has 0 fully saturated rings. The Hall–Kier alpha value is -1.18. The molecule has 0 aliphatic carbocycles. The van der Waals surface area contributed by atoms with Gasteiger partial charge >= 0.3 is 0 Å². The van der Waals surface area contributed by atoms with Crippen LogP contribution in [0.5, 0.6) is 0 Å². The lowest BCUT2D eigenvalue weighted by Crippen LogP contribution is -2.42. The monoisotopic (exact) mass is 247 g/mol. The van der Waals surface area contributed by atoms with Crippen molar-refractivity contribution in [3.63, 3.8) is 0 Å². The predicted molar refractivity (Wildman–Crippen MR) is 62.1 cm³/mol. The van der Waals surface area contributed by atoms with E-state index in [-0.39, 0.29) is 19.1 Å². The van der Waals surface area contributed by atoms with Crippen LogP contribution < -0.4 is 16.8 Å². The van der Waals surface area contributed by atoms with Gasteiger partial charge in [-0.2, -0.15) is 0 Å². The molecule has 0 saturated carbocycles. The normalized spacial score (nSPS) is 12.1. The molecule has 0 aromatic rings. The smallest absolute Gasteiger partial charge is 0.243 e. The molecule has 0 aliphatic heterocycles. The molecule has 17 heavy (non-hydrogen) atoms. The zero-order valence-corrected chi connectivity index (χ0v) is 10.1. The molecular formula is C10H21N3O4. The number of nitrogens with one attached hydrogen (secondary N) is 1. The van der Waals surface area contributed by atoms with Crippen molar-refractivity contribution >= 4 is 11.8 Å². The number of hydrogen-bond donors (Lipinski definition) is 3. The van der Waals surface area contributed by atoms with Crippen LogP contribution in [0.2, 0.25) is 0 Å². The van der Waals surface area contributed by atoms with E-state index in [4.69, 9.17) is 20.9 Å². The van der Waals surface area contributed by atoms with Crippen LogP contribution in [0, 0.1) is 0 Å². The first-order valence-corrected chi connectivity index (χ1v) is 5.46. The molecule has 0 radical (unpaired) electrons. The van der Waals surface area contributed by atoms with Gasteiger partial charge in [-0.15, -0.1) is 0 Å². The Kier molecular flexibility index (Phi) is 9.31. The minimum absolute atomic E-state index is 0.143. The van der Waals surface area contributed by atoms with E-state index in [1.54, 1.807) is 7.11 Å². The SMILES string of the molecule is COCCCC(N)C(=O)NCCOCC(N)=O. The van der Waals surface area contributed by atoms with Crippen molar-refractivity contribution in [1.82, 2.24) is 5.32 Å². The first kappa shape index (κ1) is 15.8. The van der Waals surface area contributed by atoms with E-state index in [9.17, 15) is 9.59 Å². The third-order valence-electron chi connectivity index (χ3n) is 1.99. The maximum absolute atomic E-state index is 11.4. The van der Waals surface area contributed by atoms with Gasteiger partial charge in [-0.05, 0) is 12.8 Å². The summed E-state index contributed by atoms with van der Waals surface area (Å²) < 4.78 is 9.73. The molecule has 2 amide bonds. The molecule has 0 rings (SSSR count). The van der Waals surface area contributed by atoms with E-state index in [2.05, 4.69) is 5.32 Å². The Labute approximate surface area is 101 Å². The number of ether oxygens (including phenoxy) is 2. The molecule has 0 aromatic heterocycles. The lowest BCUT2D eigenvalue weighted by atomic mass is 10.1. The first-order chi connectivity index (χ1) is 8.07. The quantitative estimate of drug-likeness (QED) is 0.400. The van der Waals surface area contributed by atoms with Crippen LogP contribution in [0.3, 0.4) is 0 Å². The summed E-state index contributed by atoms with van der Waals surface area (Å²) in [6.07, 6.45) is 1.31. The molecule has 7 heteroatoms. The fourth-order valence-corrected chi connectivity index (χ4v) is 1.13. The number of carbonyl (C=O) groups excluding carboxylic acids is 2. The van der Waals surface area contributed by atoms with Gasteiger partial charge in [-0.25, -0.2) is 0 Å². The minimum atomic E-state index is -0.540. The molecule has 1 atom stereocenters. The van der Waals surface area contributed by atoms with Gasteiger partial charge in [0.25, 0.3) is 0 Å². The second kappa shape index (κ2) is 10.0. The van der Waals surface area contributed by atoms with Gasteiger partial charge in [0, 0.05) is 20.3 Å². The topological polar surface area (TPSA) is 117 Å². The zero-order valence-electron chi connectivity index (χ0n) is 10.1. The lowest BCUT2D eigenvalue weighted by molar-refractivity contribution is -0.123. The second-order valence-corrected chi connectivity index (χ2v) is 3.55. The van der Waals surface area contributed by atoms with Gasteiger partial charge in [-0.1, -0.05) is 0 Å². The fraction of sp³-hybridized carbons (Fsp3) is 0.800. The zero-order chi connectivity index (χ0) is 13.1. The van der Waals surface area contributed by atoms with Crippen LogP contribution in [0.25, 0.3) is 0 Å². The summed E-state index contributed by atoms with van der Waals surface area (Å²) in [5.74, 6) is -0.767. The van der Waals surface area contributed by atoms with Crippen LogP contribution in [0.15, 0.2) is 0 Å². The van der Waals surface area contributed by atoms with Crippen LogP contribution in [-0.4, -0.2) is 51.3 Å². The van der Waals surface area contributed by atoms with Crippen molar-refractivity contribution in [1.29, 1.82) is 0 Å². The highest BCUT2D eigenvalue weighted by Gasteiger charge is 2.11. The third kappa shape index (κ3) is 9.73. The number of rotatable bonds is 10. The van der Waals surface area contributed by atoms with Gasteiger partial charge in [0.15, 0.2) is 0 Å². The molecule has 0 aromatic carbocycles. The number of primary amides is 1. The van der Waals surface area contributed by atoms with E-state index >= 15 is 0 Å². The van der Waals surface area contributed by atoms with Crippen molar-refractivity contribution in [3.8, 4) is 0 Å².